The minimum Gasteiger partial charge on any atom is -0.331 e. The average molecular weight is 377 g/mol. The van der Waals surface area contributed by atoms with Gasteiger partial charge < -0.3 is 9.88 Å². The largest absolute Gasteiger partial charge is 0.331 e. The van der Waals surface area contributed by atoms with E-state index in [0.717, 1.165) is 16.9 Å². The van der Waals surface area contributed by atoms with Crippen LogP contribution in [0.3, 0.4) is 0 Å². The molecule has 1 N–H and O–H groups in total. The van der Waals surface area contributed by atoms with Crippen LogP contribution in [0.25, 0.3) is 0 Å². The lowest BCUT2D eigenvalue weighted by molar-refractivity contribution is 0.0458. The average Bonchev–Trinajstić information content (AvgIpc) is 2.67. The molecule has 0 spiro atoms. The summed E-state index contributed by atoms with van der Waals surface area (Å²) in [5.41, 5.74) is 0.818. The maximum atomic E-state index is 12.8. The van der Waals surface area contributed by atoms with Gasteiger partial charge in [0.15, 0.2) is 0 Å². The molecule has 136 valence electrons. The summed E-state index contributed by atoms with van der Waals surface area (Å²) < 4.78 is 0. The molecule has 4 rings (SSSR count). The number of benzene rings is 2. The molecule has 1 fully saturated rings. The highest BCUT2D eigenvalue weighted by atomic mass is 32.2. The fraction of sp³-hybridized carbons (Fsp3) is 0.190. The maximum Gasteiger partial charge on any atom is 0.263 e. The van der Waals surface area contributed by atoms with Crippen LogP contribution in [0.1, 0.15) is 34.2 Å². The number of H-pyrrole nitrogens is 1. The highest BCUT2D eigenvalue weighted by Crippen LogP contribution is 2.33. The van der Waals surface area contributed by atoms with Crippen molar-refractivity contribution in [3.05, 3.63) is 94.2 Å². The molecule has 0 radical (unpaired) electrons. The first-order valence-corrected chi connectivity index (χ1v) is 9.83. The van der Waals surface area contributed by atoms with Crippen LogP contribution in [0.5, 0.6) is 0 Å². The van der Waals surface area contributed by atoms with E-state index in [4.69, 9.17) is 0 Å². The van der Waals surface area contributed by atoms with Crippen molar-refractivity contribution in [3.63, 3.8) is 0 Å². The van der Waals surface area contributed by atoms with Gasteiger partial charge in [0, 0.05) is 17.6 Å². The standard InChI is InChI=1S/C21H19N3O2S/c25-20-17(13-22-19(23-20)14-27-16-9-5-2-6-10-16)21(26)24-12-11-18(24)15-7-3-1-4-8-15/h1-10,13,18H,11-12,14H2,(H,22,23,25)/t18-/m0/s1. The van der Waals surface area contributed by atoms with Gasteiger partial charge >= 0.3 is 0 Å². The van der Waals surface area contributed by atoms with E-state index in [1.807, 2.05) is 60.7 Å². The van der Waals surface area contributed by atoms with Crippen molar-refractivity contribution < 1.29 is 4.79 Å². The van der Waals surface area contributed by atoms with Gasteiger partial charge in [0.1, 0.15) is 11.4 Å². The van der Waals surface area contributed by atoms with Gasteiger partial charge in [-0.1, -0.05) is 48.5 Å². The number of amides is 1. The van der Waals surface area contributed by atoms with Gasteiger partial charge in [-0.05, 0) is 24.1 Å². The van der Waals surface area contributed by atoms with Crippen LogP contribution in [-0.2, 0) is 5.75 Å². The summed E-state index contributed by atoms with van der Waals surface area (Å²) in [6.07, 6.45) is 2.31. The van der Waals surface area contributed by atoms with Gasteiger partial charge in [0.2, 0.25) is 0 Å². The molecule has 1 saturated heterocycles. The number of carbonyl (C=O) groups excluding carboxylic acids is 1. The van der Waals surface area contributed by atoms with Crippen LogP contribution in [0, 0.1) is 0 Å². The van der Waals surface area contributed by atoms with Crippen molar-refractivity contribution in [1.29, 1.82) is 0 Å². The molecule has 27 heavy (non-hydrogen) atoms. The van der Waals surface area contributed by atoms with Crippen LogP contribution in [0.15, 0.2) is 76.6 Å². The van der Waals surface area contributed by atoms with Gasteiger partial charge in [-0.25, -0.2) is 4.98 Å². The Morgan fingerprint density at radius 3 is 2.44 bits per heavy atom. The van der Waals surface area contributed by atoms with Crippen molar-refractivity contribution >= 4 is 17.7 Å². The van der Waals surface area contributed by atoms with E-state index >= 15 is 0 Å². The third kappa shape index (κ3) is 3.80. The van der Waals surface area contributed by atoms with E-state index in [-0.39, 0.29) is 23.1 Å². The Labute approximate surface area is 161 Å². The molecule has 2 aromatic carbocycles. The summed E-state index contributed by atoms with van der Waals surface area (Å²) >= 11 is 1.59. The quantitative estimate of drug-likeness (QED) is 0.689. The maximum absolute atomic E-state index is 12.8. The lowest BCUT2D eigenvalue weighted by Gasteiger charge is -2.41. The normalized spacial score (nSPS) is 16.0. The van der Waals surface area contributed by atoms with E-state index in [9.17, 15) is 9.59 Å². The summed E-state index contributed by atoms with van der Waals surface area (Å²) in [7, 11) is 0. The number of nitrogens with one attached hydrogen (secondary N) is 1. The van der Waals surface area contributed by atoms with Crippen molar-refractivity contribution in [1.82, 2.24) is 14.9 Å². The zero-order valence-corrected chi connectivity index (χ0v) is 15.5. The summed E-state index contributed by atoms with van der Waals surface area (Å²) in [6, 6.07) is 19.8. The molecule has 0 aliphatic carbocycles. The SMILES string of the molecule is O=C(c1cnc(CSc2ccccc2)[nH]c1=O)N1CC[C@H]1c1ccccc1. The van der Waals surface area contributed by atoms with Gasteiger partial charge in [-0.3, -0.25) is 9.59 Å². The Morgan fingerprint density at radius 2 is 1.81 bits per heavy atom. The third-order valence-electron chi connectivity index (χ3n) is 4.67. The van der Waals surface area contributed by atoms with E-state index in [2.05, 4.69) is 9.97 Å². The fourth-order valence-electron chi connectivity index (χ4n) is 3.13. The molecular formula is C21H19N3O2S. The van der Waals surface area contributed by atoms with Gasteiger partial charge in [0.25, 0.3) is 11.5 Å². The molecule has 6 heteroatoms. The molecule has 2 heterocycles. The number of carbonyl (C=O) groups is 1. The van der Waals surface area contributed by atoms with Crippen LogP contribution in [0.2, 0.25) is 0 Å². The first-order valence-electron chi connectivity index (χ1n) is 8.84. The Hall–Kier alpha value is -2.86. The lowest BCUT2D eigenvalue weighted by Crippen LogP contribution is -2.46. The van der Waals surface area contributed by atoms with Gasteiger partial charge in [-0.2, -0.15) is 0 Å². The van der Waals surface area contributed by atoms with E-state index in [1.54, 1.807) is 16.7 Å². The number of aromatic amines is 1. The zero-order chi connectivity index (χ0) is 18.6. The van der Waals surface area contributed by atoms with Crippen LogP contribution in [0.4, 0.5) is 0 Å². The Morgan fingerprint density at radius 1 is 1.11 bits per heavy atom. The predicted octanol–water partition coefficient (Wildman–Crippen LogP) is 3.65. The molecule has 1 aliphatic rings. The topological polar surface area (TPSA) is 66.1 Å². The van der Waals surface area contributed by atoms with Crippen LogP contribution >= 0.6 is 11.8 Å². The highest BCUT2D eigenvalue weighted by molar-refractivity contribution is 7.98. The molecular weight excluding hydrogens is 358 g/mol. The minimum absolute atomic E-state index is 0.0337. The Kier molecular flexibility index (Phi) is 5.07. The second kappa shape index (κ2) is 7.80. The summed E-state index contributed by atoms with van der Waals surface area (Å²) in [6.45, 7) is 0.656. The summed E-state index contributed by atoms with van der Waals surface area (Å²) in [5.74, 6) is 0.851. The van der Waals surface area contributed by atoms with E-state index in [1.165, 1.54) is 6.20 Å². The number of likely N-dealkylation sites (tertiary alicyclic amines) is 1. The van der Waals surface area contributed by atoms with Crippen molar-refractivity contribution in [2.24, 2.45) is 0 Å². The number of rotatable bonds is 5. The molecule has 0 unspecified atom stereocenters. The predicted molar refractivity (Wildman–Crippen MR) is 106 cm³/mol. The second-order valence-corrected chi connectivity index (χ2v) is 7.44. The van der Waals surface area contributed by atoms with E-state index in [0.29, 0.717) is 18.1 Å². The number of hydrogen-bond donors (Lipinski definition) is 1. The monoisotopic (exact) mass is 377 g/mol. The highest BCUT2D eigenvalue weighted by Gasteiger charge is 2.34. The number of nitrogens with zero attached hydrogens (tertiary/aromatic N) is 2. The molecule has 1 aromatic heterocycles. The fourth-order valence-corrected chi connectivity index (χ4v) is 3.93. The number of thioether (sulfide) groups is 1. The first kappa shape index (κ1) is 17.5. The summed E-state index contributed by atoms with van der Waals surface area (Å²) in [5, 5.41) is 0. The first-order chi connectivity index (χ1) is 13.2. The van der Waals surface area contributed by atoms with Crippen molar-refractivity contribution in [2.75, 3.05) is 6.54 Å². The number of aromatic nitrogens is 2. The Bertz CT molecular complexity index is 989. The molecule has 1 aliphatic heterocycles. The molecule has 5 nitrogen and oxygen atoms in total. The van der Waals surface area contributed by atoms with Crippen LogP contribution < -0.4 is 5.56 Å². The minimum atomic E-state index is -0.377. The van der Waals surface area contributed by atoms with Gasteiger partial charge in [0.05, 0.1) is 11.8 Å². The third-order valence-corrected chi connectivity index (χ3v) is 5.69. The van der Waals surface area contributed by atoms with Gasteiger partial charge in [-0.15, -0.1) is 11.8 Å². The second-order valence-electron chi connectivity index (χ2n) is 6.39. The zero-order valence-electron chi connectivity index (χ0n) is 14.7. The molecule has 0 saturated carbocycles. The van der Waals surface area contributed by atoms with E-state index < -0.39 is 0 Å². The molecule has 0 bridgehead atoms. The van der Waals surface area contributed by atoms with Crippen LogP contribution in [-0.4, -0.2) is 27.3 Å². The number of hydrogen-bond acceptors (Lipinski definition) is 4. The lowest BCUT2D eigenvalue weighted by atomic mass is 9.94. The molecule has 3 aromatic rings. The Balaban J connectivity index is 1.46. The van der Waals surface area contributed by atoms with Crippen molar-refractivity contribution in [2.45, 2.75) is 23.1 Å². The molecule has 1 atom stereocenters. The smallest absolute Gasteiger partial charge is 0.263 e. The summed E-state index contributed by atoms with van der Waals surface area (Å²) in [4.78, 5) is 35.1. The van der Waals surface area contributed by atoms with Crippen molar-refractivity contribution in [3.8, 4) is 0 Å². The molecule has 1 amide bonds.